The van der Waals surface area contributed by atoms with Crippen molar-refractivity contribution in [3.8, 4) is 0 Å². The second-order valence-electron chi connectivity index (χ2n) is 4.42. The largest absolute Gasteiger partial charge is 0.480 e. The summed E-state index contributed by atoms with van der Waals surface area (Å²) in [5, 5.41) is 19.7. The fraction of sp³-hybridized carbons (Fsp3) is 0.462. The lowest BCUT2D eigenvalue weighted by atomic mass is 10.1. The van der Waals surface area contributed by atoms with Gasteiger partial charge in [0.2, 0.25) is 0 Å². The molecule has 104 valence electrons. The van der Waals surface area contributed by atoms with Gasteiger partial charge < -0.3 is 5.11 Å². The molecule has 0 atom stereocenters. The summed E-state index contributed by atoms with van der Waals surface area (Å²) in [4.78, 5) is 23.0. The zero-order valence-electron chi connectivity index (χ0n) is 11.1. The molecule has 0 aromatic heterocycles. The quantitative estimate of drug-likeness (QED) is 0.604. The van der Waals surface area contributed by atoms with E-state index in [-0.39, 0.29) is 12.2 Å². The Morgan fingerprint density at radius 1 is 1.47 bits per heavy atom. The topological polar surface area (TPSA) is 83.7 Å². The van der Waals surface area contributed by atoms with Crippen molar-refractivity contribution in [3.05, 3.63) is 39.4 Å². The molecule has 19 heavy (non-hydrogen) atoms. The first-order valence-corrected chi connectivity index (χ1v) is 6.12. The summed E-state index contributed by atoms with van der Waals surface area (Å²) in [6.45, 7) is 4.66. The van der Waals surface area contributed by atoms with E-state index in [1.165, 1.54) is 6.07 Å². The number of carboxylic acids is 1. The molecule has 0 aliphatic rings. The van der Waals surface area contributed by atoms with E-state index < -0.39 is 10.9 Å². The van der Waals surface area contributed by atoms with Gasteiger partial charge in [0.15, 0.2) is 0 Å². The molecule has 0 bridgehead atoms. The number of nitrogens with zero attached hydrogens (tertiary/aromatic N) is 2. The Balaban J connectivity index is 2.93. The van der Waals surface area contributed by atoms with Crippen molar-refractivity contribution in [1.29, 1.82) is 0 Å². The van der Waals surface area contributed by atoms with Crippen LogP contribution in [-0.4, -0.2) is 34.0 Å². The number of rotatable bonds is 7. The minimum absolute atomic E-state index is 0.0596. The van der Waals surface area contributed by atoms with Gasteiger partial charge in [-0.2, -0.15) is 0 Å². The Morgan fingerprint density at radius 3 is 2.68 bits per heavy atom. The molecule has 0 aliphatic heterocycles. The monoisotopic (exact) mass is 266 g/mol. The highest BCUT2D eigenvalue weighted by Gasteiger charge is 2.16. The molecule has 0 spiro atoms. The highest BCUT2D eigenvalue weighted by atomic mass is 16.6. The zero-order chi connectivity index (χ0) is 14.4. The predicted octanol–water partition coefficient (Wildman–Crippen LogP) is 2.20. The Morgan fingerprint density at radius 2 is 2.16 bits per heavy atom. The summed E-state index contributed by atoms with van der Waals surface area (Å²) in [7, 11) is 0. The number of hydrogen-bond acceptors (Lipinski definition) is 4. The van der Waals surface area contributed by atoms with Gasteiger partial charge >= 0.3 is 5.97 Å². The van der Waals surface area contributed by atoms with Crippen LogP contribution in [0.25, 0.3) is 0 Å². The summed E-state index contributed by atoms with van der Waals surface area (Å²) < 4.78 is 0. The van der Waals surface area contributed by atoms with Crippen LogP contribution in [0.2, 0.25) is 0 Å². The average molecular weight is 266 g/mol. The number of carbonyl (C=O) groups is 1. The lowest BCUT2D eigenvalue weighted by Gasteiger charge is -2.20. The molecule has 1 rings (SSSR count). The van der Waals surface area contributed by atoms with Gasteiger partial charge in [-0.3, -0.25) is 19.8 Å². The Labute approximate surface area is 111 Å². The fourth-order valence-electron chi connectivity index (χ4n) is 2.00. The highest BCUT2D eigenvalue weighted by molar-refractivity contribution is 5.69. The molecule has 6 nitrogen and oxygen atoms in total. The molecule has 0 amide bonds. The third-order valence-electron chi connectivity index (χ3n) is 2.91. The van der Waals surface area contributed by atoms with E-state index >= 15 is 0 Å². The molecular formula is C13H18N2O4. The van der Waals surface area contributed by atoms with Crippen molar-refractivity contribution < 1.29 is 14.8 Å². The molecule has 0 heterocycles. The van der Waals surface area contributed by atoms with Gasteiger partial charge in [0.1, 0.15) is 0 Å². The van der Waals surface area contributed by atoms with Gasteiger partial charge in [-0.25, -0.2) is 0 Å². The third-order valence-corrected chi connectivity index (χ3v) is 2.91. The van der Waals surface area contributed by atoms with Gasteiger partial charge in [0, 0.05) is 18.2 Å². The molecule has 1 aromatic carbocycles. The zero-order valence-corrected chi connectivity index (χ0v) is 11.1. The number of nitro groups is 1. The van der Waals surface area contributed by atoms with E-state index in [4.69, 9.17) is 5.11 Å². The molecule has 0 saturated heterocycles. The van der Waals surface area contributed by atoms with Crippen molar-refractivity contribution in [2.45, 2.75) is 26.8 Å². The van der Waals surface area contributed by atoms with Crippen LogP contribution in [0, 0.1) is 17.0 Å². The summed E-state index contributed by atoms with van der Waals surface area (Å²) >= 11 is 0. The van der Waals surface area contributed by atoms with Crippen LogP contribution in [-0.2, 0) is 11.3 Å². The number of hydrogen-bond donors (Lipinski definition) is 1. The summed E-state index contributed by atoms with van der Waals surface area (Å²) in [5.74, 6) is -0.892. The SMILES string of the molecule is CCCN(CC(=O)O)Cc1cccc([N+](=O)[O-])c1C. The lowest BCUT2D eigenvalue weighted by Crippen LogP contribution is -2.30. The maximum Gasteiger partial charge on any atom is 0.317 e. The number of benzene rings is 1. The van der Waals surface area contributed by atoms with Crippen molar-refractivity contribution in [2.24, 2.45) is 0 Å². The van der Waals surface area contributed by atoms with E-state index in [9.17, 15) is 14.9 Å². The summed E-state index contributed by atoms with van der Waals surface area (Å²) in [5.41, 5.74) is 1.46. The van der Waals surface area contributed by atoms with E-state index in [1.54, 1.807) is 24.0 Å². The molecule has 0 radical (unpaired) electrons. The first-order valence-electron chi connectivity index (χ1n) is 6.12. The van der Waals surface area contributed by atoms with Crippen molar-refractivity contribution in [2.75, 3.05) is 13.1 Å². The van der Waals surface area contributed by atoms with Crippen LogP contribution >= 0.6 is 0 Å². The average Bonchev–Trinajstić information content (AvgIpc) is 2.31. The van der Waals surface area contributed by atoms with Crippen LogP contribution < -0.4 is 0 Å². The normalized spacial score (nSPS) is 10.7. The van der Waals surface area contributed by atoms with E-state index in [1.807, 2.05) is 6.92 Å². The maximum atomic E-state index is 10.9. The van der Waals surface area contributed by atoms with Crippen molar-refractivity contribution >= 4 is 11.7 Å². The predicted molar refractivity (Wildman–Crippen MR) is 71.0 cm³/mol. The van der Waals surface area contributed by atoms with E-state index in [0.717, 1.165) is 12.0 Å². The lowest BCUT2D eigenvalue weighted by molar-refractivity contribution is -0.385. The Kier molecular flexibility index (Phi) is 5.44. The molecule has 1 N–H and O–H groups in total. The standard InChI is InChI=1S/C13H18N2O4/c1-3-7-14(9-13(16)17)8-11-5-4-6-12(10(11)2)15(18)19/h4-6H,3,7-9H2,1-2H3,(H,16,17). The maximum absolute atomic E-state index is 10.9. The molecular weight excluding hydrogens is 248 g/mol. The van der Waals surface area contributed by atoms with Gasteiger partial charge in [0.25, 0.3) is 5.69 Å². The molecule has 0 fully saturated rings. The molecule has 1 aromatic rings. The Bertz CT molecular complexity index is 474. The number of nitro benzene ring substituents is 1. The minimum Gasteiger partial charge on any atom is -0.480 e. The van der Waals surface area contributed by atoms with Gasteiger partial charge in [-0.1, -0.05) is 19.1 Å². The van der Waals surface area contributed by atoms with E-state index in [0.29, 0.717) is 18.7 Å². The smallest absolute Gasteiger partial charge is 0.317 e. The van der Waals surface area contributed by atoms with Gasteiger partial charge in [-0.15, -0.1) is 0 Å². The molecule has 0 aliphatic carbocycles. The number of carboxylic acid groups (broad SMARTS) is 1. The highest BCUT2D eigenvalue weighted by Crippen LogP contribution is 2.22. The van der Waals surface area contributed by atoms with Crippen LogP contribution in [0.3, 0.4) is 0 Å². The summed E-state index contributed by atoms with van der Waals surface area (Å²) in [6.07, 6.45) is 0.835. The van der Waals surface area contributed by atoms with Crippen LogP contribution in [0.15, 0.2) is 18.2 Å². The molecule has 0 unspecified atom stereocenters. The van der Waals surface area contributed by atoms with Crippen molar-refractivity contribution in [3.63, 3.8) is 0 Å². The van der Waals surface area contributed by atoms with Crippen LogP contribution in [0.4, 0.5) is 5.69 Å². The van der Waals surface area contributed by atoms with Crippen LogP contribution in [0.1, 0.15) is 24.5 Å². The van der Waals surface area contributed by atoms with Gasteiger partial charge in [0.05, 0.1) is 11.5 Å². The van der Waals surface area contributed by atoms with Crippen LogP contribution in [0.5, 0.6) is 0 Å². The second kappa shape index (κ2) is 6.84. The van der Waals surface area contributed by atoms with Gasteiger partial charge in [-0.05, 0) is 25.5 Å². The summed E-state index contributed by atoms with van der Waals surface area (Å²) in [6, 6.07) is 4.89. The van der Waals surface area contributed by atoms with E-state index in [2.05, 4.69) is 0 Å². The number of aliphatic carboxylic acids is 1. The molecule has 6 heteroatoms. The van der Waals surface area contributed by atoms with Crippen molar-refractivity contribution in [1.82, 2.24) is 4.90 Å². The first-order chi connectivity index (χ1) is 8.95. The second-order valence-corrected chi connectivity index (χ2v) is 4.42. The molecule has 0 saturated carbocycles. The first kappa shape index (κ1) is 15.1. The third kappa shape index (κ3) is 4.33. The Hall–Kier alpha value is -1.95. The fourth-order valence-corrected chi connectivity index (χ4v) is 2.00. The minimum atomic E-state index is -0.892.